The Morgan fingerprint density at radius 3 is 2.26 bits per heavy atom. The van der Waals surface area contributed by atoms with E-state index in [2.05, 4.69) is 12.2 Å². The fraction of sp³-hybridized carbons (Fsp3) is 0.857. The summed E-state index contributed by atoms with van der Waals surface area (Å²) in [7, 11) is 0. The number of ether oxygens (including phenoxy) is 1. The molecule has 0 bridgehead atoms. The molecule has 5 heteroatoms. The van der Waals surface area contributed by atoms with Crippen molar-refractivity contribution in [2.75, 3.05) is 13.2 Å². The molecule has 0 unspecified atom stereocenters. The quantitative estimate of drug-likeness (QED) is 0.777. The number of rotatable bonds is 3. The van der Waals surface area contributed by atoms with Crippen molar-refractivity contribution in [3.8, 4) is 0 Å². The lowest BCUT2D eigenvalue weighted by molar-refractivity contribution is -0.131. The van der Waals surface area contributed by atoms with E-state index in [1.165, 1.54) is 6.42 Å². The van der Waals surface area contributed by atoms with Gasteiger partial charge in [-0.15, -0.1) is 0 Å². The topological polar surface area (TPSA) is 64.4 Å². The van der Waals surface area contributed by atoms with Gasteiger partial charge in [-0.2, -0.15) is 0 Å². The van der Waals surface area contributed by atoms with Crippen LogP contribution in [0.15, 0.2) is 0 Å². The summed E-state index contributed by atoms with van der Waals surface area (Å²) in [6.45, 7) is 3.50. The normalized spacial score (nSPS) is 25.5. The Morgan fingerprint density at radius 2 is 1.74 bits per heavy atom. The Balaban J connectivity index is 2.09. The number of nitrogens with one attached hydrogen (secondary N) is 1. The second kappa shape index (κ2) is 5.75. The highest BCUT2D eigenvalue weighted by Crippen LogP contribution is 2.38. The third-order valence-corrected chi connectivity index (χ3v) is 5.02. The van der Waals surface area contributed by atoms with Gasteiger partial charge >= 0.3 is 0 Å². The molecule has 3 N–H and O–H groups in total. The molecular weight excluding hydrogens is 260 g/mol. The van der Waals surface area contributed by atoms with Gasteiger partial charge in [-0.3, -0.25) is 4.79 Å². The average molecular weight is 284 g/mol. The van der Waals surface area contributed by atoms with Crippen LogP contribution in [0.5, 0.6) is 0 Å². The second-order valence-electron chi connectivity index (χ2n) is 6.13. The predicted molar refractivity (Wildman–Crippen MR) is 78.9 cm³/mol. The summed E-state index contributed by atoms with van der Waals surface area (Å²) in [5.41, 5.74) is 5.11. The van der Waals surface area contributed by atoms with Gasteiger partial charge < -0.3 is 15.8 Å². The number of carbonyl (C=O) groups is 1. The summed E-state index contributed by atoms with van der Waals surface area (Å²) in [6, 6.07) is 0. The van der Waals surface area contributed by atoms with Gasteiger partial charge in [0.1, 0.15) is 0 Å². The summed E-state index contributed by atoms with van der Waals surface area (Å²) in [5, 5.41) is 3.20. The molecule has 1 saturated heterocycles. The van der Waals surface area contributed by atoms with E-state index in [4.69, 9.17) is 22.7 Å². The van der Waals surface area contributed by atoms with Crippen molar-refractivity contribution in [1.82, 2.24) is 5.32 Å². The van der Waals surface area contributed by atoms with Crippen molar-refractivity contribution < 1.29 is 9.53 Å². The summed E-state index contributed by atoms with van der Waals surface area (Å²) in [5.74, 6) is 0.0316. The van der Waals surface area contributed by atoms with E-state index < -0.39 is 5.41 Å². The molecule has 0 radical (unpaired) electrons. The molecule has 4 nitrogen and oxygen atoms in total. The number of nitrogens with two attached hydrogens (primary N) is 1. The van der Waals surface area contributed by atoms with Crippen LogP contribution < -0.4 is 11.1 Å². The lowest BCUT2D eigenvalue weighted by Gasteiger charge is -2.41. The van der Waals surface area contributed by atoms with Crippen LogP contribution in [-0.2, 0) is 9.53 Å². The van der Waals surface area contributed by atoms with Gasteiger partial charge in [0.2, 0.25) is 5.91 Å². The molecule has 19 heavy (non-hydrogen) atoms. The molecule has 1 aliphatic heterocycles. The van der Waals surface area contributed by atoms with E-state index in [0.717, 1.165) is 38.5 Å². The third kappa shape index (κ3) is 3.08. The predicted octanol–water partition coefficient (Wildman–Crippen LogP) is 1.91. The number of hydrogen-bond donors (Lipinski definition) is 2. The molecule has 1 heterocycles. The van der Waals surface area contributed by atoms with Crippen LogP contribution in [0.2, 0.25) is 0 Å². The number of amides is 1. The lowest BCUT2D eigenvalue weighted by Crippen LogP contribution is -2.57. The average Bonchev–Trinajstić information content (AvgIpc) is 2.39. The van der Waals surface area contributed by atoms with Crippen LogP contribution in [0.25, 0.3) is 0 Å². The van der Waals surface area contributed by atoms with E-state index in [1.54, 1.807) is 0 Å². The highest BCUT2D eigenvalue weighted by molar-refractivity contribution is 7.80. The second-order valence-corrected chi connectivity index (χ2v) is 6.57. The minimum atomic E-state index is -0.616. The van der Waals surface area contributed by atoms with Crippen LogP contribution in [0, 0.1) is 5.41 Å². The van der Waals surface area contributed by atoms with Crippen molar-refractivity contribution in [1.29, 1.82) is 0 Å². The molecule has 1 saturated carbocycles. The highest BCUT2D eigenvalue weighted by atomic mass is 32.1. The first-order valence-corrected chi connectivity index (χ1v) is 7.60. The van der Waals surface area contributed by atoms with Crippen molar-refractivity contribution in [3.05, 3.63) is 0 Å². The SMILES string of the molecule is CC1(NC(=O)C2(C(N)=S)CCCCC2)CCOCC1. The van der Waals surface area contributed by atoms with E-state index in [-0.39, 0.29) is 11.4 Å². The van der Waals surface area contributed by atoms with Gasteiger partial charge in [-0.05, 0) is 32.6 Å². The van der Waals surface area contributed by atoms with E-state index in [0.29, 0.717) is 18.2 Å². The Morgan fingerprint density at radius 1 is 1.16 bits per heavy atom. The van der Waals surface area contributed by atoms with Gasteiger partial charge in [-0.25, -0.2) is 0 Å². The minimum Gasteiger partial charge on any atom is -0.392 e. The number of hydrogen-bond acceptors (Lipinski definition) is 3. The van der Waals surface area contributed by atoms with Crippen LogP contribution in [-0.4, -0.2) is 29.6 Å². The van der Waals surface area contributed by atoms with Gasteiger partial charge in [0.25, 0.3) is 0 Å². The fourth-order valence-corrected chi connectivity index (χ4v) is 3.38. The van der Waals surface area contributed by atoms with Crippen LogP contribution >= 0.6 is 12.2 Å². The molecule has 2 rings (SSSR count). The molecule has 1 aliphatic carbocycles. The lowest BCUT2D eigenvalue weighted by atomic mass is 9.72. The van der Waals surface area contributed by atoms with Gasteiger partial charge in [0, 0.05) is 18.8 Å². The van der Waals surface area contributed by atoms with E-state index >= 15 is 0 Å². The summed E-state index contributed by atoms with van der Waals surface area (Å²) < 4.78 is 5.36. The molecule has 0 aromatic carbocycles. The van der Waals surface area contributed by atoms with Crippen molar-refractivity contribution in [2.45, 2.75) is 57.4 Å². The highest BCUT2D eigenvalue weighted by Gasteiger charge is 2.44. The zero-order chi connectivity index (χ0) is 13.9. The number of carbonyl (C=O) groups excluding carboxylic acids is 1. The largest absolute Gasteiger partial charge is 0.392 e. The Labute approximate surface area is 120 Å². The standard InChI is InChI=1S/C14H24N2O2S/c1-13(7-9-18-10-8-13)16-12(17)14(11(15)19)5-3-2-4-6-14/h2-10H2,1H3,(H2,15,19)(H,16,17). The molecule has 2 fully saturated rings. The Kier molecular flexibility index (Phi) is 4.46. The van der Waals surface area contributed by atoms with Crippen LogP contribution in [0.3, 0.4) is 0 Å². The zero-order valence-corrected chi connectivity index (χ0v) is 12.5. The Bertz CT molecular complexity index is 358. The summed E-state index contributed by atoms with van der Waals surface area (Å²) in [4.78, 5) is 13.1. The van der Waals surface area contributed by atoms with Crippen molar-refractivity contribution in [3.63, 3.8) is 0 Å². The molecule has 0 aromatic rings. The van der Waals surface area contributed by atoms with Gasteiger partial charge in [0.15, 0.2) is 0 Å². The molecule has 1 amide bonds. The smallest absolute Gasteiger partial charge is 0.233 e. The number of thiocarbonyl (C=S) groups is 1. The minimum absolute atomic E-state index is 0.0316. The molecule has 0 aromatic heterocycles. The maximum Gasteiger partial charge on any atom is 0.233 e. The molecular formula is C14H24N2O2S. The van der Waals surface area contributed by atoms with Crippen LogP contribution in [0.1, 0.15) is 51.9 Å². The first-order valence-electron chi connectivity index (χ1n) is 7.19. The molecule has 108 valence electrons. The zero-order valence-electron chi connectivity index (χ0n) is 11.7. The van der Waals surface area contributed by atoms with E-state index in [1.807, 2.05) is 0 Å². The first-order chi connectivity index (χ1) is 8.99. The first kappa shape index (κ1) is 14.7. The summed E-state index contributed by atoms with van der Waals surface area (Å²) in [6.07, 6.45) is 6.53. The molecule has 2 aliphatic rings. The monoisotopic (exact) mass is 284 g/mol. The van der Waals surface area contributed by atoms with Crippen molar-refractivity contribution in [2.24, 2.45) is 11.1 Å². The van der Waals surface area contributed by atoms with E-state index in [9.17, 15) is 4.79 Å². The van der Waals surface area contributed by atoms with Crippen molar-refractivity contribution >= 4 is 23.1 Å². The van der Waals surface area contributed by atoms with Gasteiger partial charge in [-0.1, -0.05) is 31.5 Å². The molecule has 0 atom stereocenters. The third-order valence-electron chi connectivity index (χ3n) is 4.63. The summed E-state index contributed by atoms with van der Waals surface area (Å²) >= 11 is 5.20. The maximum absolute atomic E-state index is 12.7. The van der Waals surface area contributed by atoms with Crippen LogP contribution in [0.4, 0.5) is 0 Å². The fourth-order valence-electron chi connectivity index (χ4n) is 3.08. The maximum atomic E-state index is 12.7. The van der Waals surface area contributed by atoms with Gasteiger partial charge in [0.05, 0.1) is 10.4 Å². The Hall–Kier alpha value is -0.680. The molecule has 0 spiro atoms.